The fourth-order valence-corrected chi connectivity index (χ4v) is 7.58. The molecule has 1 saturated heterocycles. The molecule has 67 heavy (non-hydrogen) atoms. The number of allylic oxidation sites excluding steroid dienone is 10. The first-order valence-electron chi connectivity index (χ1n) is 26.3. The summed E-state index contributed by atoms with van der Waals surface area (Å²) in [5.41, 5.74) is 0. The average molecular weight is 945 g/mol. The van der Waals surface area contributed by atoms with Crippen LogP contribution in [0.5, 0.6) is 0 Å². The quantitative estimate of drug-likeness (QED) is 0.0229. The summed E-state index contributed by atoms with van der Waals surface area (Å²) in [4.78, 5) is 50.7. The van der Waals surface area contributed by atoms with E-state index in [2.05, 4.69) is 75.5 Å². The molecule has 0 aromatic rings. The first-order chi connectivity index (χ1) is 32.6. The Morgan fingerprint density at radius 3 is 1.42 bits per heavy atom. The van der Waals surface area contributed by atoms with Crippen molar-refractivity contribution in [3.63, 3.8) is 0 Å². The minimum atomic E-state index is -1.90. The third kappa shape index (κ3) is 34.4. The smallest absolute Gasteiger partial charge is 0.335 e. The zero-order valence-corrected chi connectivity index (χ0v) is 41.9. The van der Waals surface area contributed by atoms with Gasteiger partial charge in [-0.1, -0.05) is 197 Å². The predicted molar refractivity (Wildman–Crippen MR) is 266 cm³/mol. The maximum absolute atomic E-state index is 13.0. The minimum Gasteiger partial charge on any atom is -0.479 e. The number of carboxylic acids is 1. The van der Waals surface area contributed by atoms with E-state index >= 15 is 0 Å². The summed E-state index contributed by atoms with van der Waals surface area (Å²) in [7, 11) is 0. The van der Waals surface area contributed by atoms with E-state index in [1.54, 1.807) is 0 Å². The van der Waals surface area contributed by atoms with Crippen molar-refractivity contribution < 1.29 is 58.2 Å². The molecule has 3 N–H and O–H groups in total. The summed E-state index contributed by atoms with van der Waals surface area (Å²) >= 11 is 0. The molecule has 6 unspecified atom stereocenters. The van der Waals surface area contributed by atoms with Gasteiger partial charge < -0.3 is 39.0 Å². The van der Waals surface area contributed by atoms with E-state index in [9.17, 15) is 34.5 Å². The van der Waals surface area contributed by atoms with Gasteiger partial charge in [0.05, 0.1) is 6.61 Å². The summed E-state index contributed by atoms with van der Waals surface area (Å²) in [5.74, 6) is -3.20. The van der Waals surface area contributed by atoms with E-state index in [0.29, 0.717) is 25.7 Å². The second-order valence-corrected chi connectivity index (χ2v) is 17.8. The second-order valence-electron chi connectivity index (χ2n) is 17.8. The standard InChI is InChI=1S/C55H92O12/c1-4-7-10-13-16-19-21-22-23-24-25-26-28-30-32-35-38-41-47(56)63-44-46(65-48(57)42-39-36-33-29-18-15-12-9-6-3)45-64-55-53(51(60)50(59)52(67-55)54(61)62)66-49(58)43-40-37-34-31-27-20-17-14-11-8-5-2/h7,10,16,19,22-23,25-26,30,32,46,50-53,55,59-60H,4-6,8-9,11-15,17-18,20-21,24,27-29,31,33-45H2,1-3H3,(H,61,62)/b10-7-,19-16-,23-22-,26-25-,32-30-. The molecule has 0 saturated carbocycles. The zero-order valence-electron chi connectivity index (χ0n) is 41.9. The highest BCUT2D eigenvalue weighted by Crippen LogP contribution is 2.26. The first kappa shape index (κ1) is 61.4. The Labute approximate surface area is 405 Å². The molecule has 0 aromatic carbocycles. The summed E-state index contributed by atoms with van der Waals surface area (Å²) in [6, 6.07) is 0. The Balaban J connectivity index is 2.74. The van der Waals surface area contributed by atoms with Crippen molar-refractivity contribution in [3.8, 4) is 0 Å². The number of esters is 3. The number of aliphatic carboxylic acids is 1. The summed E-state index contributed by atoms with van der Waals surface area (Å²) in [5, 5.41) is 31.3. The minimum absolute atomic E-state index is 0.0571. The molecule has 1 rings (SSSR count). The van der Waals surface area contributed by atoms with Gasteiger partial charge in [0.2, 0.25) is 0 Å². The van der Waals surface area contributed by atoms with Crippen LogP contribution in [0.3, 0.4) is 0 Å². The lowest BCUT2D eigenvalue weighted by Gasteiger charge is -2.40. The van der Waals surface area contributed by atoms with E-state index in [1.165, 1.54) is 70.6 Å². The lowest BCUT2D eigenvalue weighted by atomic mass is 9.98. The zero-order chi connectivity index (χ0) is 49.0. The van der Waals surface area contributed by atoms with Crippen molar-refractivity contribution in [3.05, 3.63) is 60.8 Å². The summed E-state index contributed by atoms with van der Waals surface area (Å²) in [6.45, 7) is 5.76. The van der Waals surface area contributed by atoms with E-state index < -0.39 is 67.3 Å². The number of carbonyl (C=O) groups excluding carboxylic acids is 3. The highest BCUT2D eigenvalue weighted by molar-refractivity contribution is 5.74. The highest BCUT2D eigenvalue weighted by atomic mass is 16.7. The molecule has 0 bridgehead atoms. The SMILES string of the molecule is CC/C=C\C/C=C\C/C=C\C/C=C\C/C=C\CCCC(=O)OCC(COC1OC(C(=O)O)C(O)C(O)C1OC(=O)CCCCCCCCCCCCC)OC(=O)CCCCCCCCCCC. The van der Waals surface area contributed by atoms with Gasteiger partial charge in [0.25, 0.3) is 0 Å². The van der Waals surface area contributed by atoms with Gasteiger partial charge in [-0.2, -0.15) is 0 Å². The number of rotatable bonds is 43. The van der Waals surface area contributed by atoms with Crippen molar-refractivity contribution in [2.45, 2.75) is 250 Å². The van der Waals surface area contributed by atoms with Crippen molar-refractivity contribution >= 4 is 23.9 Å². The Kier molecular flexibility index (Phi) is 40.1. The van der Waals surface area contributed by atoms with Gasteiger partial charge in [0.15, 0.2) is 24.6 Å². The van der Waals surface area contributed by atoms with Gasteiger partial charge in [-0.25, -0.2) is 4.79 Å². The maximum Gasteiger partial charge on any atom is 0.335 e. The Bertz CT molecular complexity index is 1400. The molecule has 1 fully saturated rings. The molecule has 12 heteroatoms. The monoisotopic (exact) mass is 945 g/mol. The maximum atomic E-state index is 13.0. The average Bonchev–Trinajstić information content (AvgIpc) is 3.31. The largest absolute Gasteiger partial charge is 0.479 e. The van der Waals surface area contributed by atoms with Gasteiger partial charge in [-0.15, -0.1) is 0 Å². The van der Waals surface area contributed by atoms with Gasteiger partial charge in [-0.3, -0.25) is 14.4 Å². The third-order valence-electron chi connectivity index (χ3n) is 11.6. The molecule has 1 aliphatic heterocycles. The number of carbonyl (C=O) groups is 4. The van der Waals surface area contributed by atoms with Crippen LogP contribution >= 0.6 is 0 Å². The molecule has 0 aromatic heterocycles. The van der Waals surface area contributed by atoms with Gasteiger partial charge >= 0.3 is 23.9 Å². The van der Waals surface area contributed by atoms with E-state index in [4.69, 9.17) is 23.7 Å². The lowest BCUT2D eigenvalue weighted by molar-refractivity contribution is -0.301. The third-order valence-corrected chi connectivity index (χ3v) is 11.6. The van der Waals surface area contributed by atoms with Crippen LogP contribution in [0.4, 0.5) is 0 Å². The van der Waals surface area contributed by atoms with Crippen LogP contribution in [0.1, 0.15) is 213 Å². The van der Waals surface area contributed by atoms with Gasteiger partial charge in [0.1, 0.15) is 18.8 Å². The molecule has 1 aliphatic rings. The van der Waals surface area contributed by atoms with Crippen LogP contribution in [-0.4, -0.2) is 89.2 Å². The molecule has 0 spiro atoms. The highest BCUT2D eigenvalue weighted by Gasteiger charge is 2.50. The Morgan fingerprint density at radius 1 is 0.507 bits per heavy atom. The Morgan fingerprint density at radius 2 is 0.940 bits per heavy atom. The van der Waals surface area contributed by atoms with E-state index in [0.717, 1.165) is 77.0 Å². The number of hydrogen-bond donors (Lipinski definition) is 3. The van der Waals surface area contributed by atoms with Crippen LogP contribution in [0.2, 0.25) is 0 Å². The predicted octanol–water partition coefficient (Wildman–Crippen LogP) is 12.4. The molecule has 0 aliphatic carbocycles. The van der Waals surface area contributed by atoms with E-state index in [-0.39, 0.29) is 25.9 Å². The Hall–Kier alpha value is -3.58. The first-order valence-corrected chi connectivity index (χ1v) is 26.3. The fraction of sp³-hybridized carbons (Fsp3) is 0.745. The van der Waals surface area contributed by atoms with Gasteiger partial charge in [-0.05, 0) is 57.8 Å². The van der Waals surface area contributed by atoms with Crippen LogP contribution in [0, 0.1) is 0 Å². The molecular weight excluding hydrogens is 853 g/mol. The van der Waals surface area contributed by atoms with Crippen molar-refractivity contribution in [2.75, 3.05) is 13.2 Å². The van der Waals surface area contributed by atoms with Crippen molar-refractivity contribution in [1.29, 1.82) is 0 Å². The fourth-order valence-electron chi connectivity index (χ4n) is 7.58. The van der Waals surface area contributed by atoms with Gasteiger partial charge in [0, 0.05) is 19.3 Å². The number of ether oxygens (including phenoxy) is 5. The van der Waals surface area contributed by atoms with Crippen LogP contribution in [-0.2, 0) is 42.9 Å². The number of unbranched alkanes of at least 4 members (excludes halogenated alkanes) is 19. The number of aliphatic hydroxyl groups is 2. The second kappa shape index (κ2) is 43.7. The van der Waals surface area contributed by atoms with Crippen molar-refractivity contribution in [2.24, 2.45) is 0 Å². The number of carboxylic acid groups (broad SMARTS) is 1. The lowest BCUT2D eigenvalue weighted by Crippen LogP contribution is -2.61. The van der Waals surface area contributed by atoms with Crippen molar-refractivity contribution in [1.82, 2.24) is 0 Å². The summed E-state index contributed by atoms with van der Waals surface area (Å²) in [6.07, 6.45) is 39.4. The normalized spacial score (nSPS) is 19.3. The molecular formula is C55H92O12. The van der Waals surface area contributed by atoms with Crippen LogP contribution < -0.4 is 0 Å². The van der Waals surface area contributed by atoms with Crippen LogP contribution in [0.25, 0.3) is 0 Å². The molecule has 0 amide bonds. The molecule has 12 nitrogen and oxygen atoms in total. The molecule has 384 valence electrons. The van der Waals surface area contributed by atoms with E-state index in [1.807, 2.05) is 6.08 Å². The topological polar surface area (TPSA) is 175 Å². The molecule has 6 atom stereocenters. The molecule has 0 radical (unpaired) electrons. The summed E-state index contributed by atoms with van der Waals surface area (Å²) < 4.78 is 28.2. The molecule has 1 heterocycles. The van der Waals surface area contributed by atoms with Crippen LogP contribution in [0.15, 0.2) is 60.8 Å². The number of hydrogen-bond acceptors (Lipinski definition) is 11. The number of aliphatic hydroxyl groups excluding tert-OH is 2.